The van der Waals surface area contributed by atoms with Crippen LogP contribution in [0.4, 0.5) is 5.95 Å². The van der Waals surface area contributed by atoms with Crippen LogP contribution in [0.25, 0.3) is 11.0 Å². The largest absolute Gasteiger partial charge is 0.504 e. The van der Waals surface area contributed by atoms with Gasteiger partial charge in [0.05, 0.1) is 30.3 Å². The van der Waals surface area contributed by atoms with E-state index in [4.69, 9.17) is 14.5 Å². The molecule has 1 aliphatic rings. The predicted octanol–water partition coefficient (Wildman–Crippen LogP) is 4.06. The fourth-order valence-electron chi connectivity index (χ4n) is 4.36. The second-order valence-corrected chi connectivity index (χ2v) is 7.95. The molecule has 1 N–H and O–H groups in total. The molecule has 1 aromatic heterocycles. The maximum absolute atomic E-state index is 13.7. The lowest BCUT2D eigenvalue weighted by Crippen LogP contribution is -2.50. The number of carbonyl (C=O) groups is 2. The fourth-order valence-corrected chi connectivity index (χ4v) is 4.36. The van der Waals surface area contributed by atoms with Crippen LogP contribution < -0.4 is 9.64 Å². The van der Waals surface area contributed by atoms with Crippen molar-refractivity contribution in [1.82, 2.24) is 9.55 Å². The molecule has 0 saturated carbocycles. The second-order valence-electron chi connectivity index (χ2n) is 7.95. The summed E-state index contributed by atoms with van der Waals surface area (Å²) in [5, 5.41) is 10.2. The molecule has 8 heteroatoms. The van der Waals surface area contributed by atoms with Crippen molar-refractivity contribution in [1.29, 1.82) is 0 Å². The Morgan fingerprint density at radius 3 is 2.64 bits per heavy atom. The van der Waals surface area contributed by atoms with E-state index in [9.17, 15) is 14.7 Å². The van der Waals surface area contributed by atoms with Crippen molar-refractivity contribution in [2.24, 2.45) is 5.92 Å². The number of esters is 1. The number of phenolic OH excluding ortho intramolecular Hbond substituents is 1. The first kappa shape index (κ1) is 22.6. The first-order valence-corrected chi connectivity index (χ1v) is 11.4. The van der Waals surface area contributed by atoms with Gasteiger partial charge in [0.15, 0.2) is 17.4 Å². The van der Waals surface area contributed by atoms with Crippen LogP contribution in [0, 0.1) is 5.92 Å². The Hall–Kier alpha value is -3.55. The van der Waals surface area contributed by atoms with E-state index >= 15 is 0 Å². The van der Waals surface area contributed by atoms with E-state index in [2.05, 4.69) is 6.92 Å². The predicted molar refractivity (Wildman–Crippen MR) is 125 cm³/mol. The summed E-state index contributed by atoms with van der Waals surface area (Å²) in [6.45, 7) is 6.59. The van der Waals surface area contributed by atoms with Crippen LogP contribution in [-0.4, -0.2) is 46.3 Å². The summed E-state index contributed by atoms with van der Waals surface area (Å²) in [7, 11) is 0. The molecule has 174 valence electrons. The number of anilines is 1. The Labute approximate surface area is 192 Å². The van der Waals surface area contributed by atoms with Gasteiger partial charge in [-0.05, 0) is 50.1 Å². The van der Waals surface area contributed by atoms with Gasteiger partial charge in [0.1, 0.15) is 0 Å². The molecule has 0 bridgehead atoms. The van der Waals surface area contributed by atoms with Gasteiger partial charge < -0.3 is 19.1 Å². The molecular weight excluding hydrogens is 422 g/mol. The number of nitrogens with zero attached hydrogens (tertiary/aromatic N) is 3. The first-order valence-electron chi connectivity index (χ1n) is 11.4. The van der Waals surface area contributed by atoms with Crippen molar-refractivity contribution in [3.05, 3.63) is 48.0 Å². The highest BCUT2D eigenvalue weighted by atomic mass is 16.5. The first-order chi connectivity index (χ1) is 16.0. The average molecular weight is 452 g/mol. The molecule has 3 aromatic rings. The van der Waals surface area contributed by atoms with E-state index < -0.39 is 17.9 Å². The van der Waals surface area contributed by atoms with Gasteiger partial charge in [-0.3, -0.25) is 14.5 Å². The van der Waals surface area contributed by atoms with E-state index in [0.717, 1.165) is 23.9 Å². The molecule has 33 heavy (non-hydrogen) atoms. The number of carbonyl (C=O) groups excluding carboxylic acids is 2. The molecule has 0 aliphatic carbocycles. The number of imidazole rings is 1. The number of amides is 1. The molecule has 0 fully saturated rings. The number of hydrogen-bond donors (Lipinski definition) is 1. The molecule has 8 nitrogen and oxygen atoms in total. The fraction of sp³-hybridized carbons (Fsp3) is 0.400. The van der Waals surface area contributed by atoms with Crippen molar-refractivity contribution in [2.45, 2.75) is 39.7 Å². The summed E-state index contributed by atoms with van der Waals surface area (Å²) in [4.78, 5) is 33.3. The van der Waals surface area contributed by atoms with Crippen LogP contribution in [0.3, 0.4) is 0 Å². The number of unbranched alkanes of at least 4 members (excludes halogenated alkanes) is 1. The number of fused-ring (bicyclic) bond motifs is 3. The lowest BCUT2D eigenvalue weighted by molar-refractivity contribution is -0.153. The topological polar surface area (TPSA) is 93.9 Å². The minimum absolute atomic E-state index is 0.00398. The highest BCUT2D eigenvalue weighted by molar-refractivity contribution is 6.08. The van der Waals surface area contributed by atoms with E-state index in [-0.39, 0.29) is 18.3 Å². The monoisotopic (exact) mass is 451 g/mol. The van der Waals surface area contributed by atoms with Crippen molar-refractivity contribution in [2.75, 3.05) is 24.7 Å². The van der Waals surface area contributed by atoms with Gasteiger partial charge in [0, 0.05) is 6.54 Å². The summed E-state index contributed by atoms with van der Waals surface area (Å²) in [6, 6.07) is 11.8. The maximum Gasteiger partial charge on any atom is 0.321 e. The molecule has 2 heterocycles. The summed E-state index contributed by atoms with van der Waals surface area (Å²) in [5.74, 6) is -1.21. The van der Waals surface area contributed by atoms with Gasteiger partial charge in [-0.15, -0.1) is 0 Å². The molecule has 0 spiro atoms. The standard InChI is InChI=1S/C25H29N3O5/c1-4-7-14-27-23(30)21(24(31)33-6-3)22(16-12-13-19(29)20(15-16)32-5-2)28-18-11-9-8-10-17(18)26-25(27)28/h8-13,15,21-22,29H,4-7,14H2,1-3H3. The van der Waals surface area contributed by atoms with Gasteiger partial charge in [0.2, 0.25) is 11.9 Å². The molecule has 2 aromatic carbocycles. The van der Waals surface area contributed by atoms with Gasteiger partial charge in [-0.1, -0.05) is 31.5 Å². The van der Waals surface area contributed by atoms with Crippen molar-refractivity contribution in [3.63, 3.8) is 0 Å². The van der Waals surface area contributed by atoms with E-state index in [1.807, 2.05) is 35.8 Å². The van der Waals surface area contributed by atoms with Crippen LogP contribution >= 0.6 is 0 Å². The third-order valence-corrected chi connectivity index (χ3v) is 5.85. The van der Waals surface area contributed by atoms with E-state index in [0.29, 0.717) is 30.4 Å². The Balaban J connectivity index is 1.98. The number of ether oxygens (including phenoxy) is 2. The molecule has 1 amide bonds. The zero-order valence-electron chi connectivity index (χ0n) is 19.2. The molecule has 2 unspecified atom stereocenters. The van der Waals surface area contributed by atoms with E-state index in [1.54, 1.807) is 24.0 Å². The highest BCUT2D eigenvalue weighted by Gasteiger charge is 2.47. The van der Waals surface area contributed by atoms with Gasteiger partial charge in [-0.25, -0.2) is 4.98 Å². The van der Waals surface area contributed by atoms with Crippen LogP contribution in [0.15, 0.2) is 42.5 Å². The lowest BCUT2D eigenvalue weighted by Gasteiger charge is -2.38. The van der Waals surface area contributed by atoms with Crippen LogP contribution in [0.1, 0.15) is 45.2 Å². The zero-order valence-corrected chi connectivity index (χ0v) is 19.2. The highest BCUT2D eigenvalue weighted by Crippen LogP contribution is 2.43. The Bertz CT molecular complexity index is 1170. The Morgan fingerprint density at radius 1 is 1.12 bits per heavy atom. The number of aromatic hydroxyl groups is 1. The number of hydrogen-bond acceptors (Lipinski definition) is 6. The number of benzene rings is 2. The number of phenols is 1. The van der Waals surface area contributed by atoms with Crippen LogP contribution in [-0.2, 0) is 14.3 Å². The van der Waals surface area contributed by atoms with Crippen molar-refractivity contribution < 1.29 is 24.2 Å². The van der Waals surface area contributed by atoms with Crippen LogP contribution in [0.5, 0.6) is 11.5 Å². The second kappa shape index (κ2) is 9.52. The minimum atomic E-state index is -1.09. The van der Waals surface area contributed by atoms with Crippen molar-refractivity contribution in [3.8, 4) is 11.5 Å². The smallest absolute Gasteiger partial charge is 0.321 e. The van der Waals surface area contributed by atoms with Crippen molar-refractivity contribution >= 4 is 28.9 Å². The minimum Gasteiger partial charge on any atom is -0.504 e. The maximum atomic E-state index is 13.7. The molecule has 4 rings (SSSR count). The quantitative estimate of drug-likeness (QED) is 0.410. The molecule has 0 radical (unpaired) electrons. The Kier molecular flexibility index (Phi) is 6.53. The van der Waals surface area contributed by atoms with Gasteiger partial charge >= 0.3 is 5.97 Å². The third-order valence-electron chi connectivity index (χ3n) is 5.85. The van der Waals surface area contributed by atoms with Crippen LogP contribution in [0.2, 0.25) is 0 Å². The molecule has 1 aliphatic heterocycles. The van der Waals surface area contributed by atoms with Gasteiger partial charge in [-0.2, -0.15) is 0 Å². The zero-order chi connectivity index (χ0) is 23.5. The molecule has 2 atom stereocenters. The molecule has 0 saturated heterocycles. The SMILES string of the molecule is CCCCN1C(=O)C(C(=O)OCC)C(c2ccc(O)c(OCC)c2)n2c1nc1ccccc12. The van der Waals surface area contributed by atoms with E-state index in [1.165, 1.54) is 6.07 Å². The normalized spacial score (nSPS) is 17.8. The summed E-state index contributed by atoms with van der Waals surface area (Å²) >= 11 is 0. The molecular formula is C25H29N3O5. The summed E-state index contributed by atoms with van der Waals surface area (Å²) < 4.78 is 12.9. The van der Waals surface area contributed by atoms with Gasteiger partial charge in [0.25, 0.3) is 0 Å². The number of para-hydroxylation sites is 2. The summed E-state index contributed by atoms with van der Waals surface area (Å²) in [5.41, 5.74) is 2.20. The average Bonchev–Trinajstić information content (AvgIpc) is 3.19. The Morgan fingerprint density at radius 2 is 1.91 bits per heavy atom. The third kappa shape index (κ3) is 4.01. The summed E-state index contributed by atoms with van der Waals surface area (Å²) in [6.07, 6.45) is 1.68. The number of rotatable bonds is 8. The lowest BCUT2D eigenvalue weighted by atomic mass is 9.89. The number of aromatic nitrogens is 2.